The summed E-state index contributed by atoms with van der Waals surface area (Å²) in [5.41, 5.74) is 0.0941. The Morgan fingerprint density at radius 2 is 2.45 bits per heavy atom. The van der Waals surface area contributed by atoms with E-state index in [1.54, 1.807) is 6.20 Å². The molecular formula is C6H6ClN2O2+. The lowest BCUT2D eigenvalue weighted by molar-refractivity contribution is -0.391. The van der Waals surface area contributed by atoms with Crippen molar-refractivity contribution in [3.8, 4) is 5.88 Å². The summed E-state index contributed by atoms with van der Waals surface area (Å²) in [4.78, 5) is 12.9. The van der Waals surface area contributed by atoms with Gasteiger partial charge >= 0.3 is 5.88 Å². The Hall–Kier alpha value is -1.16. The van der Waals surface area contributed by atoms with E-state index < -0.39 is 0 Å². The first-order valence-corrected chi connectivity index (χ1v) is 3.25. The molecule has 1 heterocycles. The molecule has 58 valence electrons. The van der Waals surface area contributed by atoms with E-state index in [9.17, 15) is 4.91 Å². The summed E-state index contributed by atoms with van der Waals surface area (Å²) >= 11 is 5.61. The number of aromatic amines is 1. The summed E-state index contributed by atoms with van der Waals surface area (Å²) < 4.78 is 4.78. The predicted molar refractivity (Wildman–Crippen MR) is 40.0 cm³/mol. The van der Waals surface area contributed by atoms with E-state index in [0.29, 0.717) is 0 Å². The third kappa shape index (κ3) is 1.46. The van der Waals surface area contributed by atoms with Gasteiger partial charge in [-0.2, -0.15) is 4.98 Å². The standard InChI is InChI=1S/C6H5ClN2O2/c1-11-6-5(9-10)4(7)2-3-8-6/h2-3H,1H3/p+1. The van der Waals surface area contributed by atoms with Crippen molar-refractivity contribution in [1.29, 1.82) is 0 Å². The number of pyridine rings is 1. The number of hydrogen-bond donors (Lipinski definition) is 0. The molecule has 1 N–H and O–H groups in total. The molecule has 1 rings (SSSR count). The average molecular weight is 174 g/mol. The van der Waals surface area contributed by atoms with Crippen molar-refractivity contribution in [3.63, 3.8) is 0 Å². The number of nitrogens with one attached hydrogen (secondary N) is 1. The number of hydrogen-bond acceptors (Lipinski definition) is 3. The number of H-pyrrole nitrogens is 1. The lowest BCUT2D eigenvalue weighted by atomic mass is 10.4. The lowest BCUT2D eigenvalue weighted by Gasteiger charge is -1.94. The van der Waals surface area contributed by atoms with E-state index in [1.807, 2.05) is 0 Å². The van der Waals surface area contributed by atoms with Crippen LogP contribution < -0.4 is 9.72 Å². The minimum absolute atomic E-state index is 0.0941. The summed E-state index contributed by atoms with van der Waals surface area (Å²) in [6.45, 7) is 0. The molecule has 1 aromatic rings. The van der Waals surface area contributed by atoms with Gasteiger partial charge in [0.05, 0.1) is 12.1 Å². The third-order valence-electron chi connectivity index (χ3n) is 1.18. The van der Waals surface area contributed by atoms with Crippen molar-refractivity contribution in [2.24, 2.45) is 5.18 Å². The van der Waals surface area contributed by atoms with Crippen LogP contribution in [0.25, 0.3) is 0 Å². The molecule has 0 spiro atoms. The number of aromatic nitrogens is 1. The molecule has 0 atom stereocenters. The monoisotopic (exact) mass is 173 g/mol. The summed E-state index contributed by atoms with van der Waals surface area (Å²) in [7, 11) is 1.43. The first kappa shape index (κ1) is 7.94. The zero-order chi connectivity index (χ0) is 8.27. The zero-order valence-electron chi connectivity index (χ0n) is 5.80. The van der Waals surface area contributed by atoms with Crippen LogP contribution in [0.5, 0.6) is 5.88 Å². The molecule has 0 aromatic carbocycles. The van der Waals surface area contributed by atoms with Gasteiger partial charge in [0.1, 0.15) is 0 Å². The highest BCUT2D eigenvalue weighted by molar-refractivity contribution is 6.33. The Bertz CT molecular complexity index is 277. The van der Waals surface area contributed by atoms with Crippen molar-refractivity contribution in [2.75, 3.05) is 7.11 Å². The largest absolute Gasteiger partial charge is 0.446 e. The molecule has 0 bridgehead atoms. The molecule has 0 amide bonds. The smallest absolute Gasteiger partial charge is 0.397 e. The molecule has 11 heavy (non-hydrogen) atoms. The maximum atomic E-state index is 10.2. The van der Waals surface area contributed by atoms with Crippen molar-refractivity contribution in [3.05, 3.63) is 22.2 Å². The first-order valence-electron chi connectivity index (χ1n) is 2.87. The van der Waals surface area contributed by atoms with Crippen LogP contribution in [0.2, 0.25) is 5.02 Å². The van der Waals surface area contributed by atoms with Gasteiger partial charge in [0.15, 0.2) is 6.20 Å². The normalized spacial score (nSPS) is 9.27. The highest BCUT2D eigenvalue weighted by atomic mass is 35.5. The van der Waals surface area contributed by atoms with Crippen molar-refractivity contribution in [1.82, 2.24) is 0 Å². The molecule has 0 aliphatic heterocycles. The second-order valence-electron chi connectivity index (χ2n) is 1.80. The molecule has 0 radical (unpaired) electrons. The molecular weight excluding hydrogens is 168 g/mol. The number of nitrogens with zero attached hydrogens (tertiary/aromatic N) is 1. The number of rotatable bonds is 2. The van der Waals surface area contributed by atoms with E-state index in [-0.39, 0.29) is 16.6 Å². The van der Waals surface area contributed by atoms with Crippen LogP contribution in [0.3, 0.4) is 0 Å². The van der Waals surface area contributed by atoms with E-state index in [0.717, 1.165) is 0 Å². The van der Waals surface area contributed by atoms with E-state index in [1.165, 1.54) is 13.2 Å². The molecule has 0 fully saturated rings. The fraction of sp³-hybridized carbons (Fsp3) is 0.167. The van der Waals surface area contributed by atoms with Crippen molar-refractivity contribution >= 4 is 17.3 Å². The predicted octanol–water partition coefficient (Wildman–Crippen LogP) is 1.56. The molecule has 0 unspecified atom stereocenters. The number of nitroso groups, excluding NO2 is 1. The second-order valence-corrected chi connectivity index (χ2v) is 2.21. The lowest BCUT2D eigenvalue weighted by Crippen LogP contribution is -2.05. The van der Waals surface area contributed by atoms with E-state index in [2.05, 4.69) is 10.2 Å². The van der Waals surface area contributed by atoms with Gasteiger partial charge in [0.25, 0.3) is 0 Å². The van der Waals surface area contributed by atoms with Gasteiger partial charge in [-0.15, -0.1) is 4.91 Å². The van der Waals surface area contributed by atoms with Crippen LogP contribution in [0.1, 0.15) is 0 Å². The van der Waals surface area contributed by atoms with E-state index in [4.69, 9.17) is 16.3 Å². The van der Waals surface area contributed by atoms with Crippen LogP contribution in [-0.2, 0) is 0 Å². The van der Waals surface area contributed by atoms with Crippen molar-refractivity contribution in [2.45, 2.75) is 0 Å². The first-order chi connectivity index (χ1) is 5.29. The van der Waals surface area contributed by atoms with Crippen LogP contribution in [-0.4, -0.2) is 7.11 Å². The Balaban J connectivity index is 3.24. The second kappa shape index (κ2) is 3.30. The van der Waals surface area contributed by atoms with Gasteiger partial charge in [0, 0.05) is 6.07 Å². The summed E-state index contributed by atoms with van der Waals surface area (Å²) in [5.74, 6) is 0.271. The molecule has 0 aliphatic rings. The van der Waals surface area contributed by atoms with Gasteiger partial charge in [0.2, 0.25) is 5.69 Å². The highest BCUT2D eigenvalue weighted by Crippen LogP contribution is 2.29. The van der Waals surface area contributed by atoms with Gasteiger partial charge in [-0.1, -0.05) is 11.6 Å². The van der Waals surface area contributed by atoms with Crippen LogP contribution >= 0.6 is 11.6 Å². The van der Waals surface area contributed by atoms with Gasteiger partial charge in [-0.25, -0.2) is 0 Å². The Morgan fingerprint density at radius 3 is 2.91 bits per heavy atom. The molecule has 5 heteroatoms. The van der Waals surface area contributed by atoms with Gasteiger partial charge < -0.3 is 4.74 Å². The molecule has 0 saturated carbocycles. The number of methoxy groups -OCH3 is 1. The molecule has 0 aliphatic carbocycles. The average Bonchev–Trinajstić information content (AvgIpc) is 2.04. The Kier molecular flexibility index (Phi) is 2.38. The van der Waals surface area contributed by atoms with Crippen LogP contribution in [0.15, 0.2) is 17.4 Å². The quantitative estimate of drug-likeness (QED) is 0.638. The molecule has 0 saturated heterocycles. The topological polar surface area (TPSA) is 52.8 Å². The van der Waals surface area contributed by atoms with E-state index >= 15 is 0 Å². The van der Waals surface area contributed by atoms with Crippen LogP contribution in [0, 0.1) is 4.91 Å². The summed E-state index contributed by atoms with van der Waals surface area (Å²) in [6, 6.07) is 1.53. The van der Waals surface area contributed by atoms with Gasteiger partial charge in [-0.05, 0) is 5.18 Å². The molecule has 1 aromatic heterocycles. The fourth-order valence-corrected chi connectivity index (χ4v) is 0.870. The third-order valence-corrected chi connectivity index (χ3v) is 1.49. The van der Waals surface area contributed by atoms with Crippen molar-refractivity contribution < 1.29 is 9.72 Å². The Morgan fingerprint density at radius 1 is 1.73 bits per heavy atom. The SMILES string of the molecule is COc1[nH+]ccc(Cl)c1N=O. The fourth-order valence-electron chi connectivity index (χ4n) is 0.687. The zero-order valence-corrected chi connectivity index (χ0v) is 6.55. The minimum Gasteiger partial charge on any atom is -0.446 e. The highest BCUT2D eigenvalue weighted by Gasteiger charge is 2.14. The molecule has 4 nitrogen and oxygen atoms in total. The van der Waals surface area contributed by atoms with Crippen LogP contribution in [0.4, 0.5) is 5.69 Å². The summed E-state index contributed by atoms with van der Waals surface area (Å²) in [5, 5.41) is 2.98. The number of ether oxygens (including phenoxy) is 1. The maximum Gasteiger partial charge on any atom is 0.397 e. The maximum absolute atomic E-state index is 10.2. The minimum atomic E-state index is 0.0941. The Labute approximate surface area is 68.1 Å². The summed E-state index contributed by atoms with van der Waals surface area (Å²) in [6.07, 6.45) is 1.57. The number of halogens is 1. The van der Waals surface area contributed by atoms with Gasteiger partial charge in [-0.3, -0.25) is 0 Å².